The molecule has 0 spiro atoms. The highest BCUT2D eigenvalue weighted by atomic mass is 16.5. The van der Waals surface area contributed by atoms with Crippen molar-refractivity contribution in [2.24, 2.45) is 16.7 Å². The Morgan fingerprint density at radius 1 is 1.23 bits per heavy atom. The highest BCUT2D eigenvalue weighted by Crippen LogP contribution is 2.56. The highest BCUT2D eigenvalue weighted by molar-refractivity contribution is 5.87. The Labute approximate surface area is 157 Å². The molecule has 0 saturated heterocycles. The maximum absolute atomic E-state index is 13.1. The maximum atomic E-state index is 13.1. The molecule has 0 aromatic heterocycles. The number of nitrogens with one attached hydrogen (secondary N) is 1. The average Bonchev–Trinajstić information content (AvgIpc) is 2.84. The van der Waals surface area contributed by atoms with Gasteiger partial charge in [0.05, 0.1) is 12.0 Å². The molecule has 0 unspecified atom stereocenters. The predicted octanol–water partition coefficient (Wildman–Crippen LogP) is 3.23. The Balaban J connectivity index is 2.13. The molecule has 1 N–H and O–H groups in total. The molecule has 1 saturated carbocycles. The molecule has 1 aliphatic rings. The highest BCUT2D eigenvalue weighted by Gasteiger charge is 2.58. The van der Waals surface area contributed by atoms with E-state index in [2.05, 4.69) is 5.32 Å². The van der Waals surface area contributed by atoms with Crippen molar-refractivity contribution in [1.82, 2.24) is 10.2 Å². The summed E-state index contributed by atoms with van der Waals surface area (Å²) in [4.78, 5) is 27.3. The van der Waals surface area contributed by atoms with E-state index in [0.717, 1.165) is 17.7 Å². The van der Waals surface area contributed by atoms with E-state index in [-0.39, 0.29) is 17.7 Å². The van der Waals surface area contributed by atoms with E-state index < -0.39 is 10.8 Å². The number of ether oxygens (including phenoxy) is 1. The normalized spacial score (nSPS) is 24.2. The molecular formula is C21H32N2O3. The smallest absolute Gasteiger partial charge is 0.226 e. The topological polar surface area (TPSA) is 58.6 Å². The fourth-order valence-corrected chi connectivity index (χ4v) is 3.97. The number of rotatable bonds is 6. The minimum atomic E-state index is -0.579. The Morgan fingerprint density at radius 2 is 1.88 bits per heavy atom. The van der Waals surface area contributed by atoms with Crippen LogP contribution < -0.4 is 10.1 Å². The van der Waals surface area contributed by atoms with E-state index in [1.165, 1.54) is 0 Å². The summed E-state index contributed by atoms with van der Waals surface area (Å²) in [5.74, 6) is 0.770. The van der Waals surface area contributed by atoms with E-state index in [4.69, 9.17) is 4.74 Å². The van der Waals surface area contributed by atoms with Crippen LogP contribution in [0.5, 0.6) is 5.75 Å². The summed E-state index contributed by atoms with van der Waals surface area (Å²) in [7, 11) is 3.55. The maximum Gasteiger partial charge on any atom is 0.226 e. The van der Waals surface area contributed by atoms with Crippen LogP contribution in [0.4, 0.5) is 0 Å². The van der Waals surface area contributed by atoms with Crippen LogP contribution in [0, 0.1) is 16.7 Å². The Kier molecular flexibility index (Phi) is 5.99. The Morgan fingerprint density at radius 3 is 2.50 bits per heavy atom. The molecule has 5 nitrogen and oxygen atoms in total. The second kappa shape index (κ2) is 7.68. The molecule has 26 heavy (non-hydrogen) atoms. The zero-order valence-corrected chi connectivity index (χ0v) is 16.9. The van der Waals surface area contributed by atoms with Crippen LogP contribution in [0.15, 0.2) is 24.3 Å². The molecule has 2 atom stereocenters. The number of amides is 2. The van der Waals surface area contributed by atoms with Crippen LogP contribution in [-0.2, 0) is 16.1 Å². The summed E-state index contributed by atoms with van der Waals surface area (Å²) in [6.45, 7) is 9.02. The van der Waals surface area contributed by atoms with Gasteiger partial charge in [0.15, 0.2) is 0 Å². The number of carbonyl (C=O) groups excluding carboxylic acids is 2. The molecule has 0 radical (unpaired) electrons. The molecule has 144 valence electrons. The van der Waals surface area contributed by atoms with Crippen molar-refractivity contribution >= 4 is 11.8 Å². The molecular weight excluding hydrogens is 328 g/mol. The first-order valence-electron chi connectivity index (χ1n) is 9.35. The van der Waals surface area contributed by atoms with Gasteiger partial charge in [-0.1, -0.05) is 39.0 Å². The largest absolute Gasteiger partial charge is 0.494 e. The van der Waals surface area contributed by atoms with Crippen molar-refractivity contribution in [2.75, 3.05) is 20.7 Å². The molecule has 2 rings (SSSR count). The van der Waals surface area contributed by atoms with Gasteiger partial charge in [-0.15, -0.1) is 0 Å². The first-order valence-corrected chi connectivity index (χ1v) is 9.35. The van der Waals surface area contributed by atoms with Gasteiger partial charge in [-0.3, -0.25) is 9.59 Å². The molecule has 1 aromatic carbocycles. The van der Waals surface area contributed by atoms with Crippen LogP contribution in [0.25, 0.3) is 0 Å². The zero-order chi connectivity index (χ0) is 19.5. The molecule has 0 heterocycles. The lowest BCUT2D eigenvalue weighted by atomic mass is 9.65. The first-order chi connectivity index (χ1) is 12.1. The Hall–Kier alpha value is -2.04. The van der Waals surface area contributed by atoms with E-state index >= 15 is 0 Å². The van der Waals surface area contributed by atoms with Crippen LogP contribution in [0.3, 0.4) is 0 Å². The predicted molar refractivity (Wildman–Crippen MR) is 103 cm³/mol. The third kappa shape index (κ3) is 3.57. The third-order valence-corrected chi connectivity index (χ3v) is 6.18. The molecule has 1 aromatic rings. The van der Waals surface area contributed by atoms with E-state index in [1.807, 2.05) is 52.0 Å². The van der Waals surface area contributed by atoms with Gasteiger partial charge in [0, 0.05) is 32.1 Å². The number of carbonyl (C=O) groups is 2. The van der Waals surface area contributed by atoms with Gasteiger partial charge < -0.3 is 15.0 Å². The number of nitrogens with zero attached hydrogens (tertiary/aromatic N) is 1. The quantitative estimate of drug-likeness (QED) is 0.847. The fourth-order valence-electron chi connectivity index (χ4n) is 3.97. The second-order valence-electron chi connectivity index (χ2n) is 8.10. The summed E-state index contributed by atoms with van der Waals surface area (Å²) in [6.07, 6.45) is 1.45. The van der Waals surface area contributed by atoms with Crippen molar-refractivity contribution < 1.29 is 14.3 Å². The molecule has 0 aliphatic heterocycles. The van der Waals surface area contributed by atoms with Gasteiger partial charge in [0.1, 0.15) is 5.75 Å². The fraction of sp³-hybridized carbons (Fsp3) is 0.619. The van der Waals surface area contributed by atoms with E-state index in [0.29, 0.717) is 19.6 Å². The zero-order valence-electron chi connectivity index (χ0n) is 16.9. The number of hydrogen-bond donors (Lipinski definition) is 1. The van der Waals surface area contributed by atoms with Gasteiger partial charge in [-0.25, -0.2) is 0 Å². The number of benzene rings is 1. The second-order valence-corrected chi connectivity index (χ2v) is 8.10. The van der Waals surface area contributed by atoms with Crippen LogP contribution in [0.1, 0.15) is 46.1 Å². The van der Waals surface area contributed by atoms with Crippen LogP contribution in [0.2, 0.25) is 0 Å². The van der Waals surface area contributed by atoms with Gasteiger partial charge in [0.2, 0.25) is 11.8 Å². The lowest BCUT2D eigenvalue weighted by Crippen LogP contribution is -2.49. The molecule has 5 heteroatoms. The Bertz CT molecular complexity index is 669. The van der Waals surface area contributed by atoms with Gasteiger partial charge in [-0.05, 0) is 31.2 Å². The summed E-state index contributed by atoms with van der Waals surface area (Å²) in [5, 5.41) is 3.08. The van der Waals surface area contributed by atoms with E-state index in [1.54, 1.807) is 19.0 Å². The number of para-hydroxylation sites is 1. The molecule has 0 bridgehead atoms. The van der Waals surface area contributed by atoms with Crippen molar-refractivity contribution in [3.8, 4) is 5.75 Å². The third-order valence-electron chi connectivity index (χ3n) is 6.18. The van der Waals surface area contributed by atoms with Crippen LogP contribution in [-0.4, -0.2) is 37.4 Å². The minimum Gasteiger partial charge on any atom is -0.494 e. The lowest BCUT2D eigenvalue weighted by molar-refractivity contribution is -0.142. The van der Waals surface area contributed by atoms with Crippen molar-refractivity contribution in [2.45, 2.75) is 47.1 Å². The summed E-state index contributed by atoms with van der Waals surface area (Å²) in [6, 6.07) is 7.75. The monoisotopic (exact) mass is 360 g/mol. The van der Waals surface area contributed by atoms with E-state index in [9.17, 15) is 9.59 Å². The molecule has 1 aliphatic carbocycles. The molecule has 1 fully saturated rings. The lowest BCUT2D eigenvalue weighted by Gasteiger charge is -2.40. The van der Waals surface area contributed by atoms with Crippen LogP contribution >= 0.6 is 0 Å². The summed E-state index contributed by atoms with van der Waals surface area (Å²) < 4.78 is 5.63. The summed E-state index contributed by atoms with van der Waals surface area (Å²) in [5.41, 5.74) is -0.0232. The first kappa shape index (κ1) is 20.3. The average molecular weight is 360 g/mol. The molecule has 2 amide bonds. The number of hydrogen-bond acceptors (Lipinski definition) is 3. The minimum absolute atomic E-state index is 0.00265. The van der Waals surface area contributed by atoms with Gasteiger partial charge in [-0.2, -0.15) is 0 Å². The van der Waals surface area contributed by atoms with Gasteiger partial charge in [0.25, 0.3) is 0 Å². The van der Waals surface area contributed by atoms with Crippen molar-refractivity contribution in [1.29, 1.82) is 0 Å². The standard InChI is InChI=1S/C21H32N2O3/c1-7-26-17-11-9-8-10-15(17)14-22-19(25)21(4)13-12-16(20(21,2)3)18(24)23(5)6/h8-11,16H,7,12-14H2,1-6H3,(H,22,25)/t16-,21+/m0/s1. The van der Waals surface area contributed by atoms with Crippen molar-refractivity contribution in [3.63, 3.8) is 0 Å². The summed E-state index contributed by atoms with van der Waals surface area (Å²) >= 11 is 0. The SMILES string of the molecule is CCOc1ccccc1CNC(=O)[C@@]1(C)CC[C@@H](C(=O)N(C)C)C1(C)C. The van der Waals surface area contributed by atoms with Crippen molar-refractivity contribution in [3.05, 3.63) is 29.8 Å². The van der Waals surface area contributed by atoms with Gasteiger partial charge >= 0.3 is 0 Å².